The fourth-order valence-electron chi connectivity index (χ4n) is 4.62. The molecule has 2 aliphatic rings. The van der Waals surface area contributed by atoms with E-state index in [0.29, 0.717) is 22.5 Å². The van der Waals surface area contributed by atoms with Gasteiger partial charge in [-0.3, -0.25) is 14.5 Å². The monoisotopic (exact) mass is 521 g/mol. The van der Waals surface area contributed by atoms with Crippen LogP contribution in [0.5, 0.6) is 0 Å². The van der Waals surface area contributed by atoms with Crippen LogP contribution in [0, 0.1) is 0 Å². The largest absolute Gasteiger partial charge is 0.416 e. The number of rotatable bonds is 4. The summed E-state index contributed by atoms with van der Waals surface area (Å²) in [5, 5.41) is 5.29. The number of anilines is 3. The molecule has 8 nitrogen and oxygen atoms in total. The Hall–Kier alpha value is -4.80. The van der Waals surface area contributed by atoms with Gasteiger partial charge >= 0.3 is 12.2 Å². The highest BCUT2D eigenvalue weighted by Gasteiger charge is 2.45. The van der Waals surface area contributed by atoms with Gasteiger partial charge in [-0.2, -0.15) is 13.2 Å². The lowest BCUT2D eigenvalue weighted by Crippen LogP contribution is -2.47. The van der Waals surface area contributed by atoms with Gasteiger partial charge in [0.15, 0.2) is 0 Å². The Kier molecular flexibility index (Phi) is 6.06. The zero-order valence-corrected chi connectivity index (χ0v) is 20.0. The van der Waals surface area contributed by atoms with Crippen molar-refractivity contribution in [2.24, 2.45) is 0 Å². The second kappa shape index (κ2) is 9.25. The third kappa shape index (κ3) is 4.32. The first kappa shape index (κ1) is 24.9. The zero-order chi connectivity index (χ0) is 27.2. The quantitative estimate of drug-likeness (QED) is 0.447. The van der Waals surface area contributed by atoms with E-state index in [2.05, 4.69) is 10.6 Å². The zero-order valence-electron chi connectivity index (χ0n) is 20.0. The number of amides is 4. The third-order valence-corrected chi connectivity index (χ3v) is 6.49. The van der Waals surface area contributed by atoms with Crippen LogP contribution in [0.4, 0.5) is 35.0 Å². The number of urea groups is 1. The molecule has 0 radical (unpaired) electrons. The molecule has 194 valence electrons. The summed E-state index contributed by atoms with van der Waals surface area (Å²) in [7, 11) is 1.50. The molecule has 0 aromatic heterocycles. The fraction of sp³-hybridized carbons (Fsp3) is 0.148. The van der Waals surface area contributed by atoms with E-state index in [0.717, 1.165) is 17.0 Å². The lowest BCUT2D eigenvalue weighted by molar-refractivity contribution is -0.137. The van der Waals surface area contributed by atoms with Gasteiger partial charge in [-0.25, -0.2) is 4.79 Å². The van der Waals surface area contributed by atoms with Crippen LogP contribution in [0.2, 0.25) is 0 Å². The standard InChI is InChI=1S/C27H22F3N5O3/c1-32-24(36)16-7-11-19(12-8-16)34-14-21-22(25(34)37)23(15-5-9-18(31)10-6-15)33-26(38)35(21)20-4-2-3-17(13-20)27(28,29)30/h2-13,23H,14,31H2,1H3,(H,32,36)(H,33,38). The number of nitrogens with zero attached hydrogens (tertiary/aromatic N) is 2. The van der Waals surface area contributed by atoms with Gasteiger partial charge in [0.25, 0.3) is 11.8 Å². The smallest absolute Gasteiger partial charge is 0.399 e. The van der Waals surface area contributed by atoms with Gasteiger partial charge < -0.3 is 21.3 Å². The molecule has 3 aromatic carbocycles. The van der Waals surface area contributed by atoms with E-state index in [1.165, 1.54) is 24.1 Å². The molecule has 3 aromatic rings. The summed E-state index contributed by atoms with van der Waals surface area (Å²) in [6.07, 6.45) is -4.62. The van der Waals surface area contributed by atoms with Crippen LogP contribution in [0.3, 0.4) is 0 Å². The van der Waals surface area contributed by atoms with Gasteiger partial charge in [0.05, 0.1) is 35.1 Å². The number of nitrogen functional groups attached to an aromatic ring is 1. The number of carbonyl (C=O) groups is 3. The minimum absolute atomic E-state index is 0.0230. The maximum atomic E-state index is 13.8. The summed E-state index contributed by atoms with van der Waals surface area (Å²) in [5.74, 6) is -0.720. The molecular weight excluding hydrogens is 499 g/mol. The number of alkyl halides is 3. The average Bonchev–Trinajstić information content (AvgIpc) is 3.24. The molecule has 0 saturated heterocycles. The van der Waals surface area contributed by atoms with Gasteiger partial charge in [-0.1, -0.05) is 18.2 Å². The normalized spacial score (nSPS) is 17.4. The molecule has 4 amide bonds. The summed E-state index contributed by atoms with van der Waals surface area (Å²) < 4.78 is 40.3. The molecule has 2 heterocycles. The fourth-order valence-corrected chi connectivity index (χ4v) is 4.62. The van der Waals surface area contributed by atoms with Crippen molar-refractivity contribution in [2.45, 2.75) is 12.2 Å². The van der Waals surface area contributed by atoms with Gasteiger partial charge in [-0.05, 0) is 60.2 Å². The highest BCUT2D eigenvalue weighted by atomic mass is 19.4. The van der Waals surface area contributed by atoms with Crippen LogP contribution in [-0.2, 0) is 11.0 Å². The summed E-state index contributed by atoms with van der Waals surface area (Å²) in [4.78, 5) is 41.6. The molecule has 4 N–H and O–H groups in total. The number of halogens is 3. The SMILES string of the molecule is CNC(=O)c1ccc(N2CC3=C(C2=O)C(c2ccc(N)cc2)NC(=O)N3c2cccc(C(F)(F)F)c2)cc1. The van der Waals surface area contributed by atoms with Crippen molar-refractivity contribution >= 4 is 34.9 Å². The molecule has 0 fully saturated rings. The maximum Gasteiger partial charge on any atom is 0.416 e. The van der Waals surface area contributed by atoms with E-state index in [9.17, 15) is 27.6 Å². The predicted molar refractivity (Wildman–Crippen MR) is 135 cm³/mol. The van der Waals surface area contributed by atoms with Crippen LogP contribution < -0.4 is 26.2 Å². The number of carbonyl (C=O) groups excluding carboxylic acids is 3. The van der Waals surface area contributed by atoms with Crippen molar-refractivity contribution in [3.05, 3.63) is 101 Å². The van der Waals surface area contributed by atoms with Crippen LogP contribution in [-0.4, -0.2) is 31.4 Å². The Morgan fingerprint density at radius 3 is 2.32 bits per heavy atom. The van der Waals surface area contributed by atoms with Gasteiger partial charge in [0, 0.05) is 24.0 Å². The second-order valence-electron chi connectivity index (χ2n) is 8.81. The molecule has 0 aliphatic carbocycles. The van der Waals surface area contributed by atoms with Gasteiger partial charge in [0.1, 0.15) is 0 Å². The second-order valence-corrected chi connectivity index (χ2v) is 8.81. The van der Waals surface area contributed by atoms with Crippen molar-refractivity contribution in [3.8, 4) is 0 Å². The van der Waals surface area contributed by atoms with Crippen LogP contribution in [0.25, 0.3) is 0 Å². The van der Waals surface area contributed by atoms with E-state index in [4.69, 9.17) is 5.73 Å². The minimum Gasteiger partial charge on any atom is -0.399 e. The Morgan fingerprint density at radius 2 is 1.68 bits per heavy atom. The first-order chi connectivity index (χ1) is 18.1. The van der Waals surface area contributed by atoms with Crippen molar-refractivity contribution in [1.82, 2.24) is 10.6 Å². The van der Waals surface area contributed by atoms with E-state index in [-0.39, 0.29) is 29.4 Å². The van der Waals surface area contributed by atoms with E-state index in [1.54, 1.807) is 48.5 Å². The Balaban J connectivity index is 1.60. The molecule has 11 heteroatoms. The first-order valence-corrected chi connectivity index (χ1v) is 11.6. The minimum atomic E-state index is -4.62. The topological polar surface area (TPSA) is 108 Å². The summed E-state index contributed by atoms with van der Waals surface area (Å²) >= 11 is 0. The Labute approximate surface area is 215 Å². The van der Waals surface area contributed by atoms with Crippen LogP contribution >= 0.6 is 0 Å². The molecule has 0 spiro atoms. The van der Waals surface area contributed by atoms with Crippen molar-refractivity contribution in [2.75, 3.05) is 29.1 Å². The number of nitrogens with one attached hydrogen (secondary N) is 2. The van der Waals surface area contributed by atoms with Crippen molar-refractivity contribution in [1.29, 1.82) is 0 Å². The summed E-state index contributed by atoms with van der Waals surface area (Å²) in [5.41, 5.74) is 7.28. The molecular formula is C27H22F3N5O3. The number of benzene rings is 3. The molecule has 0 bridgehead atoms. The highest BCUT2D eigenvalue weighted by Crippen LogP contribution is 2.41. The number of nitrogens with two attached hydrogens (primary N) is 1. The summed E-state index contributed by atoms with van der Waals surface area (Å²) in [6, 6.07) is 15.8. The summed E-state index contributed by atoms with van der Waals surface area (Å²) in [6.45, 7) is -0.0668. The molecule has 0 saturated carbocycles. The number of hydrogen-bond donors (Lipinski definition) is 3. The Morgan fingerprint density at radius 1 is 1.00 bits per heavy atom. The van der Waals surface area contributed by atoms with Crippen molar-refractivity contribution < 1.29 is 27.6 Å². The first-order valence-electron chi connectivity index (χ1n) is 11.6. The molecule has 1 unspecified atom stereocenters. The van der Waals surface area contributed by atoms with Crippen LogP contribution in [0.15, 0.2) is 84.1 Å². The molecule has 1 atom stereocenters. The molecule has 2 aliphatic heterocycles. The average molecular weight is 521 g/mol. The van der Waals surface area contributed by atoms with E-state index in [1.807, 2.05) is 0 Å². The third-order valence-electron chi connectivity index (χ3n) is 6.49. The Bertz CT molecular complexity index is 1470. The number of hydrogen-bond acceptors (Lipinski definition) is 4. The predicted octanol–water partition coefficient (Wildman–Crippen LogP) is 4.22. The van der Waals surface area contributed by atoms with E-state index < -0.39 is 29.7 Å². The lowest BCUT2D eigenvalue weighted by atomic mass is 9.95. The van der Waals surface area contributed by atoms with Gasteiger partial charge in [-0.15, -0.1) is 0 Å². The maximum absolute atomic E-state index is 13.8. The lowest BCUT2D eigenvalue weighted by Gasteiger charge is -2.33. The molecule has 5 rings (SSSR count). The van der Waals surface area contributed by atoms with Crippen LogP contribution in [0.1, 0.15) is 27.5 Å². The highest BCUT2D eigenvalue weighted by molar-refractivity contribution is 6.15. The van der Waals surface area contributed by atoms with Crippen molar-refractivity contribution in [3.63, 3.8) is 0 Å². The molecule has 38 heavy (non-hydrogen) atoms. The van der Waals surface area contributed by atoms with E-state index >= 15 is 0 Å². The van der Waals surface area contributed by atoms with Gasteiger partial charge in [0.2, 0.25) is 0 Å².